The predicted molar refractivity (Wildman–Crippen MR) is 82.8 cm³/mol. The number of urea groups is 1. The zero-order valence-corrected chi connectivity index (χ0v) is 13.4. The minimum Gasteiger partial charge on any atom is -0.336 e. The fourth-order valence-electron chi connectivity index (χ4n) is 2.85. The standard InChI is InChI=1S/C15H27N5O/c1-12-13(9-18-20(12)3)10-19(2)14(21)17-11-15(16)7-5-4-6-8-15/h9H,4-8,10-11,16H2,1-3H3,(H,17,21). The van der Waals surface area contributed by atoms with Crippen LogP contribution in [0.25, 0.3) is 0 Å². The van der Waals surface area contributed by atoms with Crippen molar-refractivity contribution in [1.29, 1.82) is 0 Å². The Bertz CT molecular complexity index is 490. The molecule has 0 aromatic carbocycles. The third-order valence-electron chi connectivity index (χ3n) is 4.53. The lowest BCUT2D eigenvalue weighted by molar-refractivity contribution is 0.199. The van der Waals surface area contributed by atoms with E-state index in [9.17, 15) is 4.79 Å². The van der Waals surface area contributed by atoms with Crippen LogP contribution in [0.3, 0.4) is 0 Å². The van der Waals surface area contributed by atoms with Crippen LogP contribution >= 0.6 is 0 Å². The van der Waals surface area contributed by atoms with Gasteiger partial charge in [0.1, 0.15) is 0 Å². The molecule has 0 bridgehead atoms. The molecule has 1 fully saturated rings. The third kappa shape index (κ3) is 3.97. The molecule has 0 spiro atoms. The molecule has 0 unspecified atom stereocenters. The second kappa shape index (κ2) is 6.47. The summed E-state index contributed by atoms with van der Waals surface area (Å²) >= 11 is 0. The first-order valence-electron chi connectivity index (χ1n) is 7.67. The highest BCUT2D eigenvalue weighted by Gasteiger charge is 2.28. The fraction of sp³-hybridized carbons (Fsp3) is 0.733. The highest BCUT2D eigenvalue weighted by molar-refractivity contribution is 5.74. The van der Waals surface area contributed by atoms with Gasteiger partial charge in [-0.3, -0.25) is 4.68 Å². The largest absolute Gasteiger partial charge is 0.336 e. The maximum absolute atomic E-state index is 12.2. The summed E-state index contributed by atoms with van der Waals surface area (Å²) in [6.07, 6.45) is 7.39. The van der Waals surface area contributed by atoms with Gasteiger partial charge in [-0.25, -0.2) is 4.79 Å². The normalized spacial score (nSPS) is 17.5. The van der Waals surface area contributed by atoms with Crippen LogP contribution in [0.4, 0.5) is 4.79 Å². The van der Waals surface area contributed by atoms with Crippen molar-refractivity contribution in [3.8, 4) is 0 Å². The Morgan fingerprint density at radius 3 is 2.71 bits per heavy atom. The second-order valence-corrected chi connectivity index (χ2v) is 6.32. The van der Waals surface area contributed by atoms with Crippen molar-refractivity contribution in [1.82, 2.24) is 20.0 Å². The summed E-state index contributed by atoms with van der Waals surface area (Å²) in [5.74, 6) is 0. The SMILES string of the molecule is Cc1c(CN(C)C(=O)NCC2(N)CCCCC2)cnn1C. The van der Waals surface area contributed by atoms with E-state index in [2.05, 4.69) is 10.4 Å². The summed E-state index contributed by atoms with van der Waals surface area (Å²) < 4.78 is 1.82. The quantitative estimate of drug-likeness (QED) is 0.884. The van der Waals surface area contributed by atoms with Crippen molar-refractivity contribution in [2.45, 2.75) is 51.1 Å². The van der Waals surface area contributed by atoms with Crippen LogP contribution in [-0.2, 0) is 13.6 Å². The molecule has 0 radical (unpaired) electrons. The Kier molecular flexibility index (Phi) is 4.88. The molecule has 1 aliphatic rings. The molecule has 6 nitrogen and oxygen atoms in total. The Morgan fingerprint density at radius 1 is 1.48 bits per heavy atom. The van der Waals surface area contributed by atoms with Crippen molar-refractivity contribution >= 4 is 6.03 Å². The molecule has 1 aromatic rings. The zero-order valence-electron chi connectivity index (χ0n) is 13.4. The number of nitrogens with zero attached hydrogens (tertiary/aromatic N) is 3. The van der Waals surface area contributed by atoms with Crippen molar-refractivity contribution in [2.75, 3.05) is 13.6 Å². The van der Waals surface area contributed by atoms with Crippen LogP contribution in [0.5, 0.6) is 0 Å². The topological polar surface area (TPSA) is 76.2 Å². The summed E-state index contributed by atoms with van der Waals surface area (Å²) in [5, 5.41) is 7.17. The smallest absolute Gasteiger partial charge is 0.317 e. The molecule has 0 atom stereocenters. The monoisotopic (exact) mass is 293 g/mol. The summed E-state index contributed by atoms with van der Waals surface area (Å²) in [6, 6.07) is -0.0753. The van der Waals surface area contributed by atoms with Crippen molar-refractivity contribution in [3.05, 3.63) is 17.5 Å². The first kappa shape index (κ1) is 15.8. The molecule has 21 heavy (non-hydrogen) atoms. The Balaban J connectivity index is 1.83. The predicted octanol–water partition coefficient (Wildman–Crippen LogP) is 1.53. The van der Waals surface area contributed by atoms with Gasteiger partial charge < -0.3 is 16.0 Å². The summed E-state index contributed by atoms with van der Waals surface area (Å²) in [4.78, 5) is 13.9. The van der Waals surface area contributed by atoms with Gasteiger partial charge in [-0.1, -0.05) is 19.3 Å². The fourth-order valence-corrected chi connectivity index (χ4v) is 2.85. The van der Waals surface area contributed by atoms with Gasteiger partial charge in [-0.05, 0) is 19.8 Å². The number of carbonyl (C=O) groups is 1. The van der Waals surface area contributed by atoms with E-state index in [4.69, 9.17) is 5.73 Å². The zero-order chi connectivity index (χ0) is 15.5. The maximum Gasteiger partial charge on any atom is 0.317 e. The third-order valence-corrected chi connectivity index (χ3v) is 4.53. The summed E-state index contributed by atoms with van der Waals surface area (Å²) in [5.41, 5.74) is 8.26. The average Bonchev–Trinajstić information content (AvgIpc) is 2.77. The number of hydrogen-bond donors (Lipinski definition) is 2. The molecular weight excluding hydrogens is 266 g/mol. The molecule has 0 aliphatic heterocycles. The van der Waals surface area contributed by atoms with Crippen LogP contribution < -0.4 is 11.1 Å². The minimum atomic E-state index is -0.223. The highest BCUT2D eigenvalue weighted by Crippen LogP contribution is 2.25. The van der Waals surface area contributed by atoms with Crippen LogP contribution in [-0.4, -0.2) is 39.8 Å². The van der Waals surface area contributed by atoms with E-state index < -0.39 is 0 Å². The Hall–Kier alpha value is -1.56. The molecule has 6 heteroatoms. The maximum atomic E-state index is 12.2. The van der Waals surface area contributed by atoms with Gasteiger partial charge in [0.2, 0.25) is 0 Å². The number of amides is 2. The lowest BCUT2D eigenvalue weighted by Crippen LogP contribution is -2.53. The van der Waals surface area contributed by atoms with Crippen LogP contribution in [0, 0.1) is 6.92 Å². The molecule has 1 aliphatic carbocycles. The van der Waals surface area contributed by atoms with Crippen molar-refractivity contribution in [2.24, 2.45) is 12.8 Å². The Morgan fingerprint density at radius 2 is 2.14 bits per heavy atom. The number of nitrogens with two attached hydrogens (primary N) is 1. The molecule has 118 valence electrons. The lowest BCUT2D eigenvalue weighted by atomic mass is 9.82. The Labute approximate surface area is 126 Å². The van der Waals surface area contributed by atoms with E-state index >= 15 is 0 Å². The van der Waals surface area contributed by atoms with Crippen LogP contribution in [0.1, 0.15) is 43.4 Å². The van der Waals surface area contributed by atoms with Gasteiger partial charge in [0.25, 0.3) is 0 Å². The molecule has 2 amide bonds. The van der Waals surface area contributed by atoms with Gasteiger partial charge in [-0.2, -0.15) is 5.10 Å². The van der Waals surface area contributed by atoms with Gasteiger partial charge in [-0.15, -0.1) is 0 Å². The number of aromatic nitrogens is 2. The molecule has 1 aromatic heterocycles. The lowest BCUT2D eigenvalue weighted by Gasteiger charge is -2.34. The number of hydrogen-bond acceptors (Lipinski definition) is 3. The van der Waals surface area contributed by atoms with Gasteiger partial charge >= 0.3 is 6.03 Å². The van der Waals surface area contributed by atoms with E-state index in [0.29, 0.717) is 13.1 Å². The molecule has 2 rings (SSSR count). The van der Waals surface area contributed by atoms with E-state index in [1.165, 1.54) is 6.42 Å². The van der Waals surface area contributed by atoms with Gasteiger partial charge in [0.05, 0.1) is 12.7 Å². The number of rotatable bonds is 4. The number of carbonyl (C=O) groups excluding carboxylic acids is 1. The molecule has 0 saturated heterocycles. The second-order valence-electron chi connectivity index (χ2n) is 6.32. The van der Waals surface area contributed by atoms with E-state index in [1.807, 2.05) is 24.9 Å². The molecule has 1 saturated carbocycles. The number of aryl methyl sites for hydroxylation is 1. The minimum absolute atomic E-state index is 0.0753. The number of nitrogens with one attached hydrogen (secondary N) is 1. The molecular formula is C15H27N5O. The van der Waals surface area contributed by atoms with Gasteiger partial charge in [0.15, 0.2) is 0 Å². The molecule has 1 heterocycles. The van der Waals surface area contributed by atoms with E-state index in [0.717, 1.165) is 36.9 Å². The summed E-state index contributed by atoms with van der Waals surface area (Å²) in [6.45, 7) is 3.12. The average molecular weight is 293 g/mol. The first-order chi connectivity index (χ1) is 9.91. The van der Waals surface area contributed by atoms with Crippen molar-refractivity contribution in [3.63, 3.8) is 0 Å². The van der Waals surface area contributed by atoms with E-state index in [-0.39, 0.29) is 11.6 Å². The summed E-state index contributed by atoms with van der Waals surface area (Å²) in [7, 11) is 3.70. The molecule has 3 N–H and O–H groups in total. The van der Waals surface area contributed by atoms with Crippen molar-refractivity contribution < 1.29 is 4.79 Å². The van der Waals surface area contributed by atoms with Gasteiger partial charge in [0, 0.05) is 37.4 Å². The van der Waals surface area contributed by atoms with Crippen LogP contribution in [0.2, 0.25) is 0 Å². The van der Waals surface area contributed by atoms with E-state index in [1.54, 1.807) is 11.9 Å². The van der Waals surface area contributed by atoms with Crippen LogP contribution in [0.15, 0.2) is 6.20 Å². The highest BCUT2D eigenvalue weighted by atomic mass is 16.2. The first-order valence-corrected chi connectivity index (χ1v) is 7.67.